The van der Waals surface area contributed by atoms with Crippen LogP contribution in [0.5, 0.6) is 11.6 Å². The van der Waals surface area contributed by atoms with Gasteiger partial charge in [0.25, 0.3) is 0 Å². The first-order valence-corrected chi connectivity index (χ1v) is 4.82. The molecule has 2 rings (SSSR count). The fourth-order valence-corrected chi connectivity index (χ4v) is 1.15. The number of methoxy groups -OCH3 is 1. The normalized spacial score (nSPS) is 9.81. The van der Waals surface area contributed by atoms with Crippen LogP contribution >= 0.6 is 0 Å². The molecule has 16 heavy (non-hydrogen) atoms. The van der Waals surface area contributed by atoms with E-state index >= 15 is 0 Å². The van der Waals surface area contributed by atoms with Crippen LogP contribution in [0.15, 0.2) is 36.7 Å². The van der Waals surface area contributed by atoms with Crippen molar-refractivity contribution in [1.82, 2.24) is 9.97 Å². The minimum Gasteiger partial charge on any atom is -0.487 e. The molecule has 81 valence electrons. The van der Waals surface area contributed by atoms with Crippen molar-refractivity contribution in [3.63, 3.8) is 0 Å². The van der Waals surface area contributed by atoms with Crippen molar-refractivity contribution < 1.29 is 9.47 Å². The molecule has 0 saturated carbocycles. The van der Waals surface area contributed by atoms with E-state index in [0.29, 0.717) is 12.5 Å². The summed E-state index contributed by atoms with van der Waals surface area (Å²) in [7, 11) is 1.56. The molecule has 0 atom stereocenters. The molecule has 2 aromatic rings. The Morgan fingerprint density at radius 3 is 2.62 bits per heavy atom. The van der Waals surface area contributed by atoms with Crippen molar-refractivity contribution in [2.24, 2.45) is 0 Å². The monoisotopic (exact) mass is 215 g/mol. The van der Waals surface area contributed by atoms with Gasteiger partial charge in [0.05, 0.1) is 25.2 Å². The van der Waals surface area contributed by atoms with Crippen LogP contribution in [0.2, 0.25) is 0 Å². The molecule has 1 radical (unpaired) electrons. The molecule has 0 spiro atoms. The topological polar surface area (TPSA) is 44.2 Å². The van der Waals surface area contributed by atoms with E-state index in [1.807, 2.05) is 12.1 Å². The number of hydrogen-bond donors (Lipinski definition) is 0. The van der Waals surface area contributed by atoms with E-state index in [9.17, 15) is 0 Å². The molecule has 0 saturated heterocycles. The van der Waals surface area contributed by atoms with E-state index < -0.39 is 0 Å². The smallest absolute Gasteiger partial charge is 0.231 e. The Morgan fingerprint density at radius 2 is 2.00 bits per heavy atom. The highest BCUT2D eigenvalue weighted by Gasteiger charge is 1.98. The van der Waals surface area contributed by atoms with Crippen molar-refractivity contribution >= 4 is 0 Å². The highest BCUT2D eigenvalue weighted by Crippen LogP contribution is 2.10. The average molecular weight is 215 g/mol. The van der Waals surface area contributed by atoms with E-state index in [0.717, 1.165) is 11.4 Å². The fourth-order valence-electron chi connectivity index (χ4n) is 1.15. The maximum Gasteiger partial charge on any atom is 0.231 e. The molecular weight excluding hydrogens is 204 g/mol. The summed E-state index contributed by atoms with van der Waals surface area (Å²) in [5, 5.41) is 0. The Labute approximate surface area is 93.9 Å². The van der Waals surface area contributed by atoms with Crippen LogP contribution in [-0.2, 0) is 6.61 Å². The molecule has 0 unspecified atom stereocenters. The van der Waals surface area contributed by atoms with Crippen LogP contribution in [0.4, 0.5) is 0 Å². The predicted octanol–water partition coefficient (Wildman–Crippen LogP) is 1.86. The molecular formula is C12H11N2O2. The quantitative estimate of drug-likeness (QED) is 0.780. The predicted molar refractivity (Wildman–Crippen MR) is 58.2 cm³/mol. The van der Waals surface area contributed by atoms with E-state index in [-0.39, 0.29) is 0 Å². The Hall–Kier alpha value is -2.10. The number of nitrogens with zero attached hydrogens (tertiary/aromatic N) is 2. The van der Waals surface area contributed by atoms with Gasteiger partial charge in [-0.2, -0.15) is 0 Å². The summed E-state index contributed by atoms with van der Waals surface area (Å²) in [5.74, 6) is 1.29. The molecule has 1 aromatic heterocycles. The summed E-state index contributed by atoms with van der Waals surface area (Å²) in [6.07, 6.45) is 3.20. The van der Waals surface area contributed by atoms with Gasteiger partial charge in [0.2, 0.25) is 5.88 Å². The number of ether oxygens (including phenoxy) is 2. The molecule has 0 fully saturated rings. The van der Waals surface area contributed by atoms with Gasteiger partial charge in [0.15, 0.2) is 0 Å². The molecule has 1 aromatic carbocycles. The first kappa shape index (κ1) is 10.4. The number of benzene rings is 1. The third-order valence-corrected chi connectivity index (χ3v) is 1.97. The SMILES string of the molecule is COc1cnc(COc2cc[c]cc2)cn1. The van der Waals surface area contributed by atoms with Gasteiger partial charge in [-0.05, 0) is 18.2 Å². The summed E-state index contributed by atoms with van der Waals surface area (Å²) in [5.41, 5.74) is 0.758. The van der Waals surface area contributed by atoms with Crippen LogP contribution in [-0.4, -0.2) is 17.1 Å². The summed E-state index contributed by atoms with van der Waals surface area (Å²) in [4.78, 5) is 8.18. The number of aromatic nitrogens is 2. The second-order valence-corrected chi connectivity index (χ2v) is 3.07. The molecule has 0 N–H and O–H groups in total. The lowest BCUT2D eigenvalue weighted by atomic mass is 10.3. The summed E-state index contributed by atoms with van der Waals surface area (Å²) >= 11 is 0. The maximum absolute atomic E-state index is 5.50. The first-order valence-electron chi connectivity index (χ1n) is 4.82. The summed E-state index contributed by atoms with van der Waals surface area (Å²) < 4.78 is 10.4. The molecule has 0 aliphatic carbocycles. The molecule has 0 amide bonds. The summed E-state index contributed by atoms with van der Waals surface area (Å²) in [6.45, 7) is 0.390. The fraction of sp³-hybridized carbons (Fsp3) is 0.167. The van der Waals surface area contributed by atoms with E-state index in [4.69, 9.17) is 9.47 Å². The molecule has 0 aliphatic rings. The maximum atomic E-state index is 5.50. The highest BCUT2D eigenvalue weighted by molar-refractivity contribution is 5.20. The standard InChI is InChI=1S/C12H11N2O2/c1-15-12-8-13-10(7-14-12)9-16-11-5-3-2-4-6-11/h3-8H,9H2,1H3. The Morgan fingerprint density at radius 1 is 1.19 bits per heavy atom. The van der Waals surface area contributed by atoms with Crippen molar-refractivity contribution in [2.45, 2.75) is 6.61 Å². The molecule has 4 heteroatoms. The molecule has 4 nitrogen and oxygen atoms in total. The lowest BCUT2D eigenvalue weighted by Crippen LogP contribution is -1.99. The third-order valence-electron chi connectivity index (χ3n) is 1.97. The highest BCUT2D eigenvalue weighted by atomic mass is 16.5. The minimum absolute atomic E-state index is 0.390. The zero-order valence-electron chi connectivity index (χ0n) is 8.88. The van der Waals surface area contributed by atoms with E-state index in [1.165, 1.54) is 0 Å². The van der Waals surface area contributed by atoms with Gasteiger partial charge in [-0.3, -0.25) is 4.98 Å². The van der Waals surface area contributed by atoms with Crippen molar-refractivity contribution in [3.05, 3.63) is 48.4 Å². The van der Waals surface area contributed by atoms with E-state index in [1.54, 1.807) is 31.6 Å². The van der Waals surface area contributed by atoms with Crippen molar-refractivity contribution in [1.29, 1.82) is 0 Å². The van der Waals surface area contributed by atoms with Crippen LogP contribution in [0.1, 0.15) is 5.69 Å². The Kier molecular flexibility index (Phi) is 3.33. The average Bonchev–Trinajstić information content (AvgIpc) is 2.38. The second-order valence-electron chi connectivity index (χ2n) is 3.07. The van der Waals surface area contributed by atoms with E-state index in [2.05, 4.69) is 16.0 Å². The molecule has 0 aliphatic heterocycles. The second kappa shape index (κ2) is 5.11. The van der Waals surface area contributed by atoms with Gasteiger partial charge in [0.1, 0.15) is 12.4 Å². The van der Waals surface area contributed by atoms with Gasteiger partial charge < -0.3 is 9.47 Å². The van der Waals surface area contributed by atoms with Gasteiger partial charge in [-0.1, -0.05) is 12.1 Å². The molecule has 0 bridgehead atoms. The first-order chi connectivity index (χ1) is 7.88. The lowest BCUT2D eigenvalue weighted by Gasteiger charge is -2.05. The number of rotatable bonds is 4. The van der Waals surface area contributed by atoms with Crippen molar-refractivity contribution in [2.75, 3.05) is 7.11 Å². The number of hydrogen-bond acceptors (Lipinski definition) is 4. The largest absolute Gasteiger partial charge is 0.487 e. The van der Waals surface area contributed by atoms with Gasteiger partial charge in [-0.25, -0.2) is 4.98 Å². The van der Waals surface area contributed by atoms with Gasteiger partial charge in [0, 0.05) is 0 Å². The minimum atomic E-state index is 0.390. The van der Waals surface area contributed by atoms with Crippen LogP contribution < -0.4 is 9.47 Å². The van der Waals surface area contributed by atoms with Crippen molar-refractivity contribution in [3.8, 4) is 11.6 Å². The zero-order valence-corrected chi connectivity index (χ0v) is 8.88. The Bertz CT molecular complexity index is 429. The van der Waals surface area contributed by atoms with Crippen LogP contribution in [0, 0.1) is 6.07 Å². The van der Waals surface area contributed by atoms with Crippen LogP contribution in [0.25, 0.3) is 0 Å². The van der Waals surface area contributed by atoms with Gasteiger partial charge in [-0.15, -0.1) is 0 Å². The van der Waals surface area contributed by atoms with Crippen LogP contribution in [0.3, 0.4) is 0 Å². The third kappa shape index (κ3) is 2.70. The molecule has 1 heterocycles. The zero-order chi connectivity index (χ0) is 11.2. The Balaban J connectivity index is 1.94. The lowest BCUT2D eigenvalue weighted by molar-refractivity contribution is 0.299. The van der Waals surface area contributed by atoms with Gasteiger partial charge >= 0.3 is 0 Å². The summed E-state index contributed by atoms with van der Waals surface area (Å²) in [6, 6.07) is 10.2.